The van der Waals surface area contributed by atoms with Gasteiger partial charge in [-0.2, -0.15) is 0 Å². The van der Waals surface area contributed by atoms with Crippen LogP contribution in [0.5, 0.6) is 0 Å². The van der Waals surface area contributed by atoms with Gasteiger partial charge in [-0.05, 0) is 11.6 Å². The molecule has 1 amide bonds. The van der Waals surface area contributed by atoms with Gasteiger partial charge in [0.1, 0.15) is 5.82 Å². The van der Waals surface area contributed by atoms with E-state index in [0.717, 1.165) is 17.9 Å². The second-order valence-corrected chi connectivity index (χ2v) is 6.15. The highest BCUT2D eigenvalue weighted by atomic mass is 16.2. The molecule has 5 nitrogen and oxygen atoms in total. The number of amides is 1. The molecule has 2 aromatic carbocycles. The Morgan fingerprint density at radius 3 is 2.68 bits per heavy atom. The predicted octanol–water partition coefficient (Wildman–Crippen LogP) is 2.86. The summed E-state index contributed by atoms with van der Waals surface area (Å²) in [5.74, 6) is 0.771. The molecule has 0 aliphatic carbocycles. The zero-order valence-corrected chi connectivity index (χ0v) is 13.9. The highest BCUT2D eigenvalue weighted by molar-refractivity contribution is 6.00. The van der Waals surface area contributed by atoms with Gasteiger partial charge < -0.3 is 15.2 Å². The molecule has 1 aromatic heterocycles. The summed E-state index contributed by atoms with van der Waals surface area (Å²) in [4.78, 5) is 22.5. The highest BCUT2D eigenvalue weighted by Gasteiger charge is 2.26. The lowest BCUT2D eigenvalue weighted by Gasteiger charge is -2.34. The van der Waals surface area contributed by atoms with Crippen molar-refractivity contribution in [1.29, 1.82) is 0 Å². The molecule has 4 rings (SSSR count). The van der Waals surface area contributed by atoms with E-state index in [4.69, 9.17) is 0 Å². The van der Waals surface area contributed by atoms with Gasteiger partial charge in [0.05, 0.1) is 5.56 Å². The number of hydrogen-bond acceptors (Lipinski definition) is 3. The summed E-state index contributed by atoms with van der Waals surface area (Å²) in [6.45, 7) is 2.15. The normalized spacial score (nSPS) is 17.4. The van der Waals surface area contributed by atoms with Crippen LogP contribution in [-0.4, -0.2) is 40.4 Å². The van der Waals surface area contributed by atoms with Gasteiger partial charge in [0, 0.05) is 43.6 Å². The molecule has 2 N–H and O–H groups in total. The van der Waals surface area contributed by atoms with Crippen molar-refractivity contribution in [2.24, 2.45) is 0 Å². The molecule has 1 aliphatic heterocycles. The van der Waals surface area contributed by atoms with E-state index in [-0.39, 0.29) is 11.9 Å². The number of carbonyl (C=O) groups excluding carboxylic acids is 1. The standard InChI is InChI=1S/C20H20N4O/c25-20(17-9-5-4-8-16(17)19-22-10-11-23-19)24-13-12-21-18(14-24)15-6-2-1-3-7-15/h1-11,18,21H,12-14H2,(H,22,23). The van der Waals surface area contributed by atoms with E-state index >= 15 is 0 Å². The third-order valence-electron chi connectivity index (χ3n) is 4.58. The van der Waals surface area contributed by atoms with E-state index in [1.807, 2.05) is 47.4 Å². The number of piperazine rings is 1. The molecule has 2 heterocycles. The maximum atomic E-state index is 13.1. The summed E-state index contributed by atoms with van der Waals surface area (Å²) in [7, 11) is 0. The molecule has 0 spiro atoms. The summed E-state index contributed by atoms with van der Waals surface area (Å²) < 4.78 is 0. The van der Waals surface area contributed by atoms with Crippen LogP contribution in [0, 0.1) is 0 Å². The van der Waals surface area contributed by atoms with Gasteiger partial charge in [-0.1, -0.05) is 48.5 Å². The Bertz CT molecular complexity index is 845. The van der Waals surface area contributed by atoms with Crippen LogP contribution in [0.25, 0.3) is 11.4 Å². The van der Waals surface area contributed by atoms with Crippen LogP contribution in [0.1, 0.15) is 22.0 Å². The maximum absolute atomic E-state index is 13.1. The van der Waals surface area contributed by atoms with Crippen LogP contribution in [0.15, 0.2) is 67.0 Å². The van der Waals surface area contributed by atoms with Crippen molar-refractivity contribution in [3.05, 3.63) is 78.1 Å². The fourth-order valence-corrected chi connectivity index (χ4v) is 3.30. The molecule has 3 aromatic rings. The molecular formula is C20H20N4O. The molecule has 0 saturated carbocycles. The Labute approximate surface area is 146 Å². The number of rotatable bonds is 3. The lowest BCUT2D eigenvalue weighted by molar-refractivity contribution is 0.0703. The zero-order chi connectivity index (χ0) is 17.1. The average molecular weight is 332 g/mol. The third kappa shape index (κ3) is 3.19. The maximum Gasteiger partial charge on any atom is 0.254 e. The van der Waals surface area contributed by atoms with Crippen molar-refractivity contribution in [2.75, 3.05) is 19.6 Å². The number of aromatic amines is 1. The minimum Gasteiger partial charge on any atom is -0.345 e. The summed E-state index contributed by atoms with van der Waals surface area (Å²) in [5.41, 5.74) is 2.73. The molecular weight excluding hydrogens is 312 g/mol. The summed E-state index contributed by atoms with van der Waals surface area (Å²) in [5, 5.41) is 3.50. The Morgan fingerprint density at radius 1 is 1.08 bits per heavy atom. The first-order valence-corrected chi connectivity index (χ1v) is 8.49. The number of benzene rings is 2. The fraction of sp³-hybridized carbons (Fsp3) is 0.200. The molecule has 1 saturated heterocycles. The van der Waals surface area contributed by atoms with Crippen molar-refractivity contribution in [2.45, 2.75) is 6.04 Å². The molecule has 1 aliphatic rings. The lowest BCUT2D eigenvalue weighted by atomic mass is 10.0. The topological polar surface area (TPSA) is 61.0 Å². The molecule has 1 fully saturated rings. The van der Waals surface area contributed by atoms with E-state index in [0.29, 0.717) is 18.7 Å². The van der Waals surface area contributed by atoms with Gasteiger partial charge in [-0.3, -0.25) is 4.79 Å². The highest BCUT2D eigenvalue weighted by Crippen LogP contribution is 2.24. The van der Waals surface area contributed by atoms with E-state index in [9.17, 15) is 4.79 Å². The Kier molecular flexibility index (Phi) is 4.31. The van der Waals surface area contributed by atoms with Crippen LogP contribution in [0.4, 0.5) is 0 Å². The van der Waals surface area contributed by atoms with Crippen molar-refractivity contribution < 1.29 is 4.79 Å². The van der Waals surface area contributed by atoms with Crippen molar-refractivity contribution in [3.63, 3.8) is 0 Å². The van der Waals surface area contributed by atoms with Gasteiger partial charge in [-0.25, -0.2) is 4.98 Å². The van der Waals surface area contributed by atoms with Crippen LogP contribution in [-0.2, 0) is 0 Å². The minimum absolute atomic E-state index is 0.0504. The van der Waals surface area contributed by atoms with Crippen LogP contribution in [0.3, 0.4) is 0 Å². The van der Waals surface area contributed by atoms with Crippen molar-refractivity contribution in [3.8, 4) is 11.4 Å². The second kappa shape index (κ2) is 6.91. The number of carbonyl (C=O) groups is 1. The van der Waals surface area contributed by atoms with Crippen LogP contribution >= 0.6 is 0 Å². The van der Waals surface area contributed by atoms with Gasteiger partial charge in [0.15, 0.2) is 0 Å². The van der Waals surface area contributed by atoms with E-state index in [2.05, 4.69) is 27.4 Å². The van der Waals surface area contributed by atoms with Crippen molar-refractivity contribution >= 4 is 5.91 Å². The van der Waals surface area contributed by atoms with E-state index in [1.165, 1.54) is 5.56 Å². The van der Waals surface area contributed by atoms with Crippen LogP contribution < -0.4 is 5.32 Å². The number of hydrogen-bond donors (Lipinski definition) is 2. The van der Waals surface area contributed by atoms with E-state index in [1.54, 1.807) is 12.4 Å². The molecule has 1 unspecified atom stereocenters. The van der Waals surface area contributed by atoms with E-state index < -0.39 is 0 Å². The first kappa shape index (κ1) is 15.6. The SMILES string of the molecule is O=C(c1ccccc1-c1ncc[nH]1)N1CCNC(c2ccccc2)C1. The quantitative estimate of drug-likeness (QED) is 0.775. The molecule has 5 heteroatoms. The molecule has 25 heavy (non-hydrogen) atoms. The number of aromatic nitrogens is 2. The Balaban J connectivity index is 1.59. The number of H-pyrrole nitrogens is 1. The summed E-state index contributed by atoms with van der Waals surface area (Å²) in [6, 6.07) is 18.1. The van der Waals surface area contributed by atoms with Gasteiger partial charge in [-0.15, -0.1) is 0 Å². The first-order valence-electron chi connectivity index (χ1n) is 8.49. The van der Waals surface area contributed by atoms with Crippen molar-refractivity contribution in [1.82, 2.24) is 20.2 Å². The first-order chi connectivity index (χ1) is 12.3. The minimum atomic E-state index is 0.0504. The number of imidazole rings is 1. The largest absolute Gasteiger partial charge is 0.345 e. The van der Waals surface area contributed by atoms with Gasteiger partial charge in [0.2, 0.25) is 0 Å². The molecule has 1 atom stereocenters. The molecule has 126 valence electrons. The smallest absolute Gasteiger partial charge is 0.254 e. The third-order valence-corrected chi connectivity index (χ3v) is 4.58. The Hall–Kier alpha value is -2.92. The van der Waals surface area contributed by atoms with Crippen LogP contribution in [0.2, 0.25) is 0 Å². The second-order valence-electron chi connectivity index (χ2n) is 6.15. The average Bonchev–Trinajstić information content (AvgIpc) is 3.23. The summed E-state index contributed by atoms with van der Waals surface area (Å²) >= 11 is 0. The molecule has 0 bridgehead atoms. The number of nitrogens with one attached hydrogen (secondary N) is 2. The number of nitrogens with zero attached hydrogens (tertiary/aromatic N) is 2. The zero-order valence-electron chi connectivity index (χ0n) is 13.9. The molecule has 0 radical (unpaired) electrons. The fourth-order valence-electron chi connectivity index (χ4n) is 3.30. The van der Waals surface area contributed by atoms with Gasteiger partial charge in [0.25, 0.3) is 5.91 Å². The lowest BCUT2D eigenvalue weighted by Crippen LogP contribution is -2.48. The van der Waals surface area contributed by atoms with Gasteiger partial charge >= 0.3 is 0 Å². The Morgan fingerprint density at radius 2 is 1.88 bits per heavy atom. The monoisotopic (exact) mass is 332 g/mol. The predicted molar refractivity (Wildman–Crippen MR) is 97.1 cm³/mol. The summed E-state index contributed by atoms with van der Waals surface area (Å²) in [6.07, 6.45) is 3.47.